The van der Waals surface area contributed by atoms with Gasteiger partial charge in [0.1, 0.15) is 6.61 Å². The summed E-state index contributed by atoms with van der Waals surface area (Å²) in [7, 11) is 1.65. The van der Waals surface area contributed by atoms with E-state index in [2.05, 4.69) is 50.5 Å². The Labute approximate surface area is 213 Å². The highest BCUT2D eigenvalue weighted by Gasteiger charge is 2.39. The molecule has 0 aromatic heterocycles. The quantitative estimate of drug-likeness (QED) is 0.406. The molecule has 1 heterocycles. The first-order chi connectivity index (χ1) is 17.2. The van der Waals surface area contributed by atoms with Crippen LogP contribution in [0, 0.1) is 19.3 Å². The number of Topliss-reactive ketones (excluding diaryl/α,β-unsaturated/α-hetero) is 1. The molecular weight excluding hydrogens is 448 g/mol. The van der Waals surface area contributed by atoms with E-state index in [9.17, 15) is 4.79 Å². The number of ether oxygens (including phenoxy) is 2. The second-order valence-corrected chi connectivity index (χ2v) is 10.7. The van der Waals surface area contributed by atoms with Crippen molar-refractivity contribution in [2.24, 2.45) is 5.41 Å². The molecule has 2 N–H and O–H groups in total. The first kappa shape index (κ1) is 24.0. The minimum absolute atomic E-state index is 0.0927. The Morgan fingerprint density at radius 2 is 1.64 bits per heavy atom. The highest BCUT2D eigenvalue weighted by Crippen LogP contribution is 2.46. The summed E-state index contributed by atoms with van der Waals surface area (Å²) in [6.07, 6.45) is 1.34. The summed E-state index contributed by atoms with van der Waals surface area (Å²) in [5.41, 5.74) is 8.19. The number of hydrogen-bond acceptors (Lipinski definition) is 5. The second-order valence-electron chi connectivity index (χ2n) is 10.7. The summed E-state index contributed by atoms with van der Waals surface area (Å²) in [5, 5.41) is 7.33. The van der Waals surface area contributed by atoms with E-state index in [1.807, 2.05) is 48.5 Å². The van der Waals surface area contributed by atoms with Crippen LogP contribution in [0.5, 0.6) is 11.5 Å². The SMILES string of the molecule is COc1cc([C@@H]2Nc3cc(C)c(C)cc3NC3=C2C(=O)CC(C)(C)C3)ccc1OCc1ccccc1. The number of carbonyl (C=O) groups excluding carboxylic acids is 1. The molecule has 1 atom stereocenters. The topological polar surface area (TPSA) is 59.6 Å². The molecule has 186 valence electrons. The number of anilines is 2. The maximum atomic E-state index is 13.6. The summed E-state index contributed by atoms with van der Waals surface area (Å²) in [6.45, 7) is 9.00. The zero-order valence-electron chi connectivity index (χ0n) is 21.7. The Morgan fingerprint density at radius 3 is 2.36 bits per heavy atom. The lowest BCUT2D eigenvalue weighted by Crippen LogP contribution is -2.31. The molecule has 3 aromatic rings. The van der Waals surface area contributed by atoms with Crippen LogP contribution in [-0.4, -0.2) is 12.9 Å². The van der Waals surface area contributed by atoms with Crippen molar-refractivity contribution in [3.05, 3.63) is 94.2 Å². The summed E-state index contributed by atoms with van der Waals surface area (Å²) >= 11 is 0. The Bertz CT molecular complexity index is 1340. The second kappa shape index (κ2) is 9.38. The fourth-order valence-electron chi connectivity index (χ4n) is 5.18. The van der Waals surface area contributed by atoms with Gasteiger partial charge < -0.3 is 20.1 Å². The molecule has 5 rings (SSSR count). The largest absolute Gasteiger partial charge is 0.493 e. The van der Waals surface area contributed by atoms with Crippen LogP contribution in [0.15, 0.2) is 71.9 Å². The number of benzene rings is 3. The van der Waals surface area contributed by atoms with Crippen molar-refractivity contribution < 1.29 is 14.3 Å². The molecule has 0 unspecified atom stereocenters. The third-order valence-electron chi connectivity index (χ3n) is 7.19. The van der Waals surface area contributed by atoms with Crippen LogP contribution in [0.1, 0.15) is 55.0 Å². The van der Waals surface area contributed by atoms with Crippen molar-refractivity contribution in [2.75, 3.05) is 17.7 Å². The summed E-state index contributed by atoms with van der Waals surface area (Å²) in [5.74, 6) is 1.50. The molecular formula is C31H34N2O3. The average Bonchev–Trinajstić information content (AvgIpc) is 2.99. The van der Waals surface area contributed by atoms with E-state index in [1.165, 1.54) is 11.1 Å². The lowest BCUT2D eigenvalue weighted by Gasteiger charge is -2.34. The predicted octanol–water partition coefficient (Wildman–Crippen LogP) is 7.11. The maximum absolute atomic E-state index is 13.6. The van der Waals surface area contributed by atoms with Gasteiger partial charge >= 0.3 is 0 Å². The van der Waals surface area contributed by atoms with E-state index < -0.39 is 0 Å². The van der Waals surface area contributed by atoms with E-state index in [-0.39, 0.29) is 17.2 Å². The van der Waals surface area contributed by atoms with Crippen molar-refractivity contribution in [3.63, 3.8) is 0 Å². The molecule has 0 saturated carbocycles. The van der Waals surface area contributed by atoms with Gasteiger partial charge in [-0.25, -0.2) is 0 Å². The monoisotopic (exact) mass is 482 g/mol. The van der Waals surface area contributed by atoms with Gasteiger partial charge in [-0.2, -0.15) is 0 Å². The van der Waals surface area contributed by atoms with Crippen LogP contribution < -0.4 is 20.1 Å². The third kappa shape index (κ3) is 4.70. The number of carbonyl (C=O) groups is 1. The number of hydrogen-bond donors (Lipinski definition) is 2. The zero-order valence-corrected chi connectivity index (χ0v) is 21.7. The zero-order chi connectivity index (χ0) is 25.4. The van der Waals surface area contributed by atoms with Crippen LogP contribution in [0.4, 0.5) is 11.4 Å². The standard InChI is InChI=1S/C31H34N2O3/c1-19-13-23-24(14-20(19)2)33-30(29-25(32-23)16-31(3,4)17-26(29)34)22-11-12-27(28(15-22)35-5)36-18-21-9-7-6-8-10-21/h6-15,30,32-33H,16-18H2,1-5H3/t30-/m0/s1. The Hall–Kier alpha value is -3.73. The van der Waals surface area contributed by atoms with E-state index in [4.69, 9.17) is 9.47 Å². The number of methoxy groups -OCH3 is 1. The lowest BCUT2D eigenvalue weighted by atomic mass is 9.73. The summed E-state index contributed by atoms with van der Waals surface area (Å²) in [4.78, 5) is 13.6. The molecule has 3 aromatic carbocycles. The van der Waals surface area contributed by atoms with Gasteiger partial charge in [0.05, 0.1) is 24.5 Å². The predicted molar refractivity (Wildman–Crippen MR) is 145 cm³/mol. The molecule has 5 nitrogen and oxygen atoms in total. The van der Waals surface area contributed by atoms with Crippen molar-refractivity contribution >= 4 is 17.2 Å². The Kier molecular flexibility index (Phi) is 6.25. The van der Waals surface area contributed by atoms with Crippen molar-refractivity contribution in [2.45, 2.75) is 53.2 Å². The molecule has 0 spiro atoms. The normalized spacial score (nSPS) is 18.4. The number of rotatable bonds is 5. The maximum Gasteiger partial charge on any atom is 0.163 e. The van der Waals surface area contributed by atoms with Crippen LogP contribution in [0.25, 0.3) is 0 Å². The smallest absolute Gasteiger partial charge is 0.163 e. The van der Waals surface area contributed by atoms with Gasteiger partial charge in [0.2, 0.25) is 0 Å². The van der Waals surface area contributed by atoms with Gasteiger partial charge in [-0.15, -0.1) is 0 Å². The lowest BCUT2D eigenvalue weighted by molar-refractivity contribution is -0.118. The van der Waals surface area contributed by atoms with Crippen LogP contribution >= 0.6 is 0 Å². The molecule has 5 heteroatoms. The van der Waals surface area contributed by atoms with E-state index in [1.54, 1.807) is 7.11 Å². The first-order valence-corrected chi connectivity index (χ1v) is 12.5. The Balaban J connectivity index is 1.55. The number of nitrogens with one attached hydrogen (secondary N) is 2. The van der Waals surface area contributed by atoms with Crippen molar-refractivity contribution in [1.29, 1.82) is 0 Å². The molecule has 36 heavy (non-hydrogen) atoms. The van der Waals surface area contributed by atoms with Crippen LogP contribution in [-0.2, 0) is 11.4 Å². The summed E-state index contributed by atoms with van der Waals surface area (Å²) in [6, 6.07) is 20.1. The van der Waals surface area contributed by atoms with Gasteiger partial charge in [0, 0.05) is 17.7 Å². The third-order valence-corrected chi connectivity index (χ3v) is 7.19. The number of allylic oxidation sites excluding steroid dienone is 1. The molecule has 1 aliphatic carbocycles. The minimum atomic E-state index is -0.295. The van der Waals surface area contributed by atoms with Gasteiger partial charge in [-0.05, 0) is 72.2 Å². The van der Waals surface area contributed by atoms with Crippen molar-refractivity contribution in [3.8, 4) is 11.5 Å². The Morgan fingerprint density at radius 1 is 0.917 bits per heavy atom. The van der Waals surface area contributed by atoms with E-state index >= 15 is 0 Å². The van der Waals surface area contributed by atoms with Crippen LogP contribution in [0.3, 0.4) is 0 Å². The molecule has 0 saturated heterocycles. The number of fused-ring (bicyclic) bond motifs is 1. The highest BCUT2D eigenvalue weighted by atomic mass is 16.5. The van der Waals surface area contributed by atoms with Gasteiger partial charge in [-0.1, -0.05) is 50.2 Å². The fraction of sp³-hybridized carbons (Fsp3) is 0.323. The first-order valence-electron chi connectivity index (χ1n) is 12.5. The van der Waals surface area contributed by atoms with Crippen molar-refractivity contribution in [1.82, 2.24) is 0 Å². The highest BCUT2D eigenvalue weighted by molar-refractivity contribution is 6.01. The van der Waals surface area contributed by atoms with E-state index in [0.29, 0.717) is 24.5 Å². The molecule has 1 aliphatic heterocycles. The van der Waals surface area contributed by atoms with Gasteiger partial charge in [0.25, 0.3) is 0 Å². The van der Waals surface area contributed by atoms with Crippen LogP contribution in [0.2, 0.25) is 0 Å². The minimum Gasteiger partial charge on any atom is -0.493 e. The molecule has 0 fully saturated rings. The van der Waals surface area contributed by atoms with E-state index in [0.717, 1.165) is 40.2 Å². The molecule has 0 radical (unpaired) electrons. The average molecular weight is 483 g/mol. The molecule has 0 amide bonds. The molecule has 2 aliphatic rings. The number of ketones is 1. The summed E-state index contributed by atoms with van der Waals surface area (Å²) < 4.78 is 11.8. The van der Waals surface area contributed by atoms with Gasteiger partial charge in [0.15, 0.2) is 17.3 Å². The van der Waals surface area contributed by atoms with Gasteiger partial charge in [-0.3, -0.25) is 4.79 Å². The number of aryl methyl sites for hydroxylation is 2. The molecule has 0 bridgehead atoms. The fourth-order valence-corrected chi connectivity index (χ4v) is 5.18.